The molecule has 0 aliphatic rings. The molecule has 98 valence electrons. The van der Waals surface area contributed by atoms with E-state index in [2.05, 4.69) is 0 Å². The summed E-state index contributed by atoms with van der Waals surface area (Å²) in [6.07, 6.45) is -0.774. The van der Waals surface area contributed by atoms with E-state index in [0.717, 1.165) is 16.5 Å². The zero-order chi connectivity index (χ0) is 13.3. The van der Waals surface area contributed by atoms with Gasteiger partial charge in [0.15, 0.2) is 0 Å². The van der Waals surface area contributed by atoms with Gasteiger partial charge in [-0.2, -0.15) is 0 Å². The molecule has 1 heterocycles. The number of furan rings is 1. The first-order valence-corrected chi connectivity index (χ1v) is 6.27. The number of benzene rings is 1. The van der Waals surface area contributed by atoms with E-state index in [1.165, 1.54) is 0 Å². The van der Waals surface area contributed by atoms with Crippen LogP contribution in [0.5, 0.6) is 0 Å². The van der Waals surface area contributed by atoms with E-state index in [0.29, 0.717) is 12.4 Å². The van der Waals surface area contributed by atoms with Crippen LogP contribution < -0.4 is 0 Å². The lowest BCUT2D eigenvalue weighted by atomic mass is 9.99. The van der Waals surface area contributed by atoms with Crippen LogP contribution in [-0.4, -0.2) is 17.3 Å². The minimum absolute atomic E-state index is 0.553. The van der Waals surface area contributed by atoms with Crippen molar-refractivity contribution in [1.29, 1.82) is 0 Å². The van der Waals surface area contributed by atoms with Crippen LogP contribution in [0, 0.1) is 6.92 Å². The number of hydrogen-bond acceptors (Lipinski definition) is 3. The van der Waals surface area contributed by atoms with E-state index in [9.17, 15) is 5.11 Å². The van der Waals surface area contributed by atoms with Crippen molar-refractivity contribution in [2.75, 3.05) is 6.61 Å². The van der Waals surface area contributed by atoms with Crippen LogP contribution in [0.4, 0.5) is 0 Å². The smallest absolute Gasteiger partial charge is 0.140 e. The summed E-state index contributed by atoms with van der Waals surface area (Å²) in [7, 11) is 0. The quantitative estimate of drug-likeness (QED) is 0.899. The van der Waals surface area contributed by atoms with Crippen LogP contribution in [0.3, 0.4) is 0 Å². The highest BCUT2D eigenvalue weighted by Crippen LogP contribution is 2.33. The van der Waals surface area contributed by atoms with E-state index >= 15 is 0 Å². The van der Waals surface area contributed by atoms with Gasteiger partial charge in [0.1, 0.15) is 17.4 Å². The molecular formula is C15H20O3. The number of aliphatic hydroxyl groups excluding tert-OH is 1. The highest BCUT2D eigenvalue weighted by Gasteiger charge is 2.32. The molecule has 0 radical (unpaired) electrons. The number of hydrogen-bond donors (Lipinski definition) is 1. The SMILES string of the molecule is CCOC(C)(C)C(O)c1cc2cccc(C)c2o1. The van der Waals surface area contributed by atoms with Crippen molar-refractivity contribution in [3.05, 3.63) is 35.6 Å². The number of aryl methyl sites for hydroxylation is 1. The van der Waals surface area contributed by atoms with E-state index in [4.69, 9.17) is 9.15 Å². The van der Waals surface area contributed by atoms with Crippen LogP contribution in [-0.2, 0) is 4.74 Å². The van der Waals surface area contributed by atoms with E-state index in [1.54, 1.807) is 0 Å². The molecule has 1 atom stereocenters. The normalized spacial score (nSPS) is 14.1. The molecule has 0 saturated heterocycles. The summed E-state index contributed by atoms with van der Waals surface area (Å²) < 4.78 is 11.3. The minimum Gasteiger partial charge on any atom is -0.458 e. The van der Waals surface area contributed by atoms with Gasteiger partial charge in [0.05, 0.1) is 5.60 Å². The summed E-state index contributed by atoms with van der Waals surface area (Å²) in [5.74, 6) is 0.553. The van der Waals surface area contributed by atoms with Crippen molar-refractivity contribution in [2.24, 2.45) is 0 Å². The number of ether oxygens (including phenoxy) is 1. The Hall–Kier alpha value is -1.32. The van der Waals surface area contributed by atoms with Gasteiger partial charge in [0.25, 0.3) is 0 Å². The molecule has 3 heteroatoms. The number of aliphatic hydroxyl groups is 1. The van der Waals surface area contributed by atoms with Crippen molar-refractivity contribution in [1.82, 2.24) is 0 Å². The van der Waals surface area contributed by atoms with Gasteiger partial charge in [-0.25, -0.2) is 0 Å². The third-order valence-corrected chi connectivity index (χ3v) is 3.20. The van der Waals surface area contributed by atoms with Gasteiger partial charge in [-0.3, -0.25) is 0 Å². The van der Waals surface area contributed by atoms with Crippen LogP contribution in [0.15, 0.2) is 28.7 Å². The molecular weight excluding hydrogens is 228 g/mol. The maximum absolute atomic E-state index is 10.4. The maximum atomic E-state index is 10.4. The van der Waals surface area contributed by atoms with Crippen LogP contribution >= 0.6 is 0 Å². The Morgan fingerprint density at radius 1 is 1.39 bits per heavy atom. The minimum atomic E-state index is -0.774. The molecule has 3 nitrogen and oxygen atoms in total. The maximum Gasteiger partial charge on any atom is 0.140 e. The largest absolute Gasteiger partial charge is 0.458 e. The zero-order valence-electron chi connectivity index (χ0n) is 11.4. The lowest BCUT2D eigenvalue weighted by Gasteiger charge is -2.28. The van der Waals surface area contributed by atoms with Gasteiger partial charge in [-0.1, -0.05) is 18.2 Å². The Kier molecular flexibility index (Phi) is 3.46. The van der Waals surface area contributed by atoms with Crippen molar-refractivity contribution in [2.45, 2.75) is 39.4 Å². The number of rotatable bonds is 4. The molecule has 0 saturated carbocycles. The van der Waals surface area contributed by atoms with Crippen molar-refractivity contribution >= 4 is 11.0 Å². The Morgan fingerprint density at radius 2 is 2.11 bits per heavy atom. The lowest BCUT2D eigenvalue weighted by molar-refractivity contribution is -0.105. The Labute approximate surface area is 107 Å². The second kappa shape index (κ2) is 4.75. The summed E-state index contributed by atoms with van der Waals surface area (Å²) in [6, 6.07) is 7.84. The Morgan fingerprint density at radius 3 is 2.72 bits per heavy atom. The van der Waals surface area contributed by atoms with Gasteiger partial charge in [-0.15, -0.1) is 0 Å². The lowest BCUT2D eigenvalue weighted by Crippen LogP contribution is -2.32. The zero-order valence-corrected chi connectivity index (χ0v) is 11.4. The molecule has 2 aromatic rings. The fourth-order valence-electron chi connectivity index (χ4n) is 2.16. The number of para-hydroxylation sites is 1. The highest BCUT2D eigenvalue weighted by molar-refractivity contribution is 5.80. The predicted octanol–water partition coefficient (Wildman–Crippen LogP) is 3.59. The molecule has 1 aromatic heterocycles. The first kappa shape index (κ1) is 13.1. The monoisotopic (exact) mass is 248 g/mol. The number of fused-ring (bicyclic) bond motifs is 1. The van der Waals surface area contributed by atoms with Crippen LogP contribution in [0.1, 0.15) is 38.2 Å². The highest BCUT2D eigenvalue weighted by atomic mass is 16.5. The van der Waals surface area contributed by atoms with E-state index in [-0.39, 0.29) is 0 Å². The molecule has 18 heavy (non-hydrogen) atoms. The first-order valence-electron chi connectivity index (χ1n) is 6.27. The summed E-state index contributed by atoms with van der Waals surface area (Å²) in [4.78, 5) is 0. The van der Waals surface area contributed by atoms with Crippen molar-refractivity contribution in [3.63, 3.8) is 0 Å². The first-order chi connectivity index (χ1) is 8.45. The Balaban J connectivity index is 2.39. The topological polar surface area (TPSA) is 42.6 Å². The van der Waals surface area contributed by atoms with Gasteiger partial charge < -0.3 is 14.3 Å². The summed E-state index contributed by atoms with van der Waals surface area (Å²) in [5.41, 5.74) is 1.25. The summed E-state index contributed by atoms with van der Waals surface area (Å²) in [6.45, 7) is 8.19. The Bertz CT molecular complexity index is 540. The summed E-state index contributed by atoms with van der Waals surface area (Å²) in [5, 5.41) is 11.4. The second-order valence-electron chi connectivity index (χ2n) is 5.08. The third-order valence-electron chi connectivity index (χ3n) is 3.20. The fraction of sp³-hybridized carbons (Fsp3) is 0.467. The molecule has 0 fully saturated rings. The predicted molar refractivity (Wildman–Crippen MR) is 71.6 cm³/mol. The molecule has 0 aliphatic carbocycles. The fourth-order valence-corrected chi connectivity index (χ4v) is 2.16. The second-order valence-corrected chi connectivity index (χ2v) is 5.08. The molecule has 0 spiro atoms. The third kappa shape index (κ3) is 2.28. The average molecular weight is 248 g/mol. The van der Waals surface area contributed by atoms with Crippen LogP contribution in [0.25, 0.3) is 11.0 Å². The van der Waals surface area contributed by atoms with Gasteiger partial charge in [0, 0.05) is 12.0 Å². The van der Waals surface area contributed by atoms with Crippen molar-refractivity contribution in [3.8, 4) is 0 Å². The van der Waals surface area contributed by atoms with Crippen molar-refractivity contribution < 1.29 is 14.3 Å². The molecule has 1 N–H and O–H groups in total. The molecule has 1 aromatic carbocycles. The molecule has 2 rings (SSSR count). The van der Waals surface area contributed by atoms with E-state index in [1.807, 2.05) is 52.0 Å². The van der Waals surface area contributed by atoms with Gasteiger partial charge in [-0.05, 0) is 39.3 Å². The average Bonchev–Trinajstić information content (AvgIpc) is 2.73. The molecule has 1 unspecified atom stereocenters. The molecule has 0 bridgehead atoms. The molecule has 0 amide bonds. The van der Waals surface area contributed by atoms with Crippen LogP contribution in [0.2, 0.25) is 0 Å². The standard InChI is InChI=1S/C15H20O3/c1-5-17-15(3,4)14(16)12-9-11-8-6-7-10(2)13(11)18-12/h6-9,14,16H,5H2,1-4H3. The molecule has 0 aliphatic heterocycles. The summed E-state index contributed by atoms with van der Waals surface area (Å²) >= 11 is 0. The van der Waals surface area contributed by atoms with Gasteiger partial charge >= 0.3 is 0 Å². The van der Waals surface area contributed by atoms with E-state index < -0.39 is 11.7 Å². The van der Waals surface area contributed by atoms with Gasteiger partial charge in [0.2, 0.25) is 0 Å².